The smallest absolute Gasteiger partial charge is 0.407 e. The van der Waals surface area contributed by atoms with Crippen molar-refractivity contribution >= 4 is 27.8 Å². The molecule has 2 rings (SSSR count). The third kappa shape index (κ3) is 7.91. The monoisotopic (exact) mass is 449 g/mol. The molecule has 0 aromatic heterocycles. The molecule has 0 fully saturated rings. The van der Waals surface area contributed by atoms with E-state index in [1.54, 1.807) is 45.0 Å². The molecule has 0 aliphatic carbocycles. The number of anilines is 1. The van der Waals surface area contributed by atoms with E-state index in [1.807, 2.05) is 0 Å². The Hall–Kier alpha value is -3.11. The maximum absolute atomic E-state index is 12.6. The molecule has 0 unspecified atom stereocenters. The van der Waals surface area contributed by atoms with Crippen LogP contribution in [-0.2, 0) is 32.5 Å². The van der Waals surface area contributed by atoms with Crippen LogP contribution in [-0.4, -0.2) is 37.2 Å². The van der Waals surface area contributed by atoms with Crippen molar-refractivity contribution in [2.24, 2.45) is 0 Å². The maximum atomic E-state index is 12.6. The lowest BCUT2D eigenvalue weighted by molar-refractivity contribution is -0.138. The predicted octanol–water partition coefficient (Wildman–Crippen LogP) is 2.27. The summed E-state index contributed by atoms with van der Waals surface area (Å²) in [5, 5.41) is 12.2. The standard InChI is InChI=1S/C21H27N3O6S/c1-21(2,3)30-20(27)23-13-15-7-4-6-14(10-15)11-18(19(25)26)24-31(28,29)17-9-5-8-16(22)12-17/h4-10,12,18,24H,11,13,22H2,1-3H3,(H,23,27)(H,25,26)/t18-/m1/s1. The van der Waals surface area contributed by atoms with Gasteiger partial charge in [-0.05, 0) is 56.5 Å². The van der Waals surface area contributed by atoms with Crippen LogP contribution in [0, 0.1) is 0 Å². The zero-order valence-electron chi connectivity index (χ0n) is 17.6. The lowest BCUT2D eigenvalue weighted by atomic mass is 10.0. The number of benzene rings is 2. The Morgan fingerprint density at radius 3 is 2.35 bits per heavy atom. The van der Waals surface area contributed by atoms with Crippen LogP contribution in [0.15, 0.2) is 53.4 Å². The summed E-state index contributed by atoms with van der Waals surface area (Å²) < 4.78 is 32.5. The fourth-order valence-corrected chi connectivity index (χ4v) is 3.95. The number of hydrogen-bond acceptors (Lipinski definition) is 6. The second-order valence-corrected chi connectivity index (χ2v) is 9.68. The number of alkyl carbamates (subject to hydrolysis) is 1. The third-order valence-corrected chi connectivity index (χ3v) is 5.50. The highest BCUT2D eigenvalue weighted by molar-refractivity contribution is 7.89. The number of hydrogen-bond donors (Lipinski definition) is 4. The van der Waals surface area contributed by atoms with Gasteiger partial charge in [0.05, 0.1) is 4.90 Å². The summed E-state index contributed by atoms with van der Waals surface area (Å²) in [5.41, 5.74) is 6.55. The van der Waals surface area contributed by atoms with Crippen LogP contribution in [0.4, 0.5) is 10.5 Å². The van der Waals surface area contributed by atoms with Crippen LogP contribution < -0.4 is 15.8 Å². The minimum Gasteiger partial charge on any atom is -0.480 e. The van der Waals surface area contributed by atoms with E-state index < -0.39 is 33.7 Å². The molecule has 9 nitrogen and oxygen atoms in total. The molecule has 31 heavy (non-hydrogen) atoms. The van der Waals surface area contributed by atoms with E-state index in [1.165, 1.54) is 24.3 Å². The van der Waals surface area contributed by atoms with E-state index in [0.717, 1.165) is 0 Å². The number of nitrogens with two attached hydrogens (primary N) is 1. The number of rotatable bonds is 8. The predicted molar refractivity (Wildman–Crippen MR) is 116 cm³/mol. The zero-order valence-corrected chi connectivity index (χ0v) is 18.4. The molecule has 0 saturated heterocycles. The van der Waals surface area contributed by atoms with E-state index >= 15 is 0 Å². The van der Waals surface area contributed by atoms with Gasteiger partial charge in [-0.1, -0.05) is 30.3 Å². The van der Waals surface area contributed by atoms with Gasteiger partial charge in [0.15, 0.2) is 0 Å². The van der Waals surface area contributed by atoms with Gasteiger partial charge in [-0.2, -0.15) is 4.72 Å². The highest BCUT2D eigenvalue weighted by Crippen LogP contribution is 2.15. The van der Waals surface area contributed by atoms with Crippen molar-refractivity contribution in [3.63, 3.8) is 0 Å². The van der Waals surface area contributed by atoms with Crippen molar-refractivity contribution in [1.82, 2.24) is 10.0 Å². The average Bonchev–Trinajstić information content (AvgIpc) is 2.65. The summed E-state index contributed by atoms with van der Waals surface area (Å²) in [6, 6.07) is 11.0. The molecule has 168 valence electrons. The first-order valence-corrected chi connectivity index (χ1v) is 11.0. The molecular formula is C21H27N3O6S. The molecule has 2 aromatic carbocycles. The summed E-state index contributed by atoms with van der Waals surface area (Å²) in [4.78, 5) is 23.4. The number of ether oxygens (including phenoxy) is 1. The van der Waals surface area contributed by atoms with E-state index in [2.05, 4.69) is 10.0 Å². The van der Waals surface area contributed by atoms with Gasteiger partial charge in [-0.25, -0.2) is 13.2 Å². The molecule has 0 bridgehead atoms. The number of aliphatic carboxylic acids is 1. The maximum Gasteiger partial charge on any atom is 0.407 e. The van der Waals surface area contributed by atoms with Crippen LogP contribution >= 0.6 is 0 Å². The largest absolute Gasteiger partial charge is 0.480 e. The van der Waals surface area contributed by atoms with Crippen LogP contribution in [0.5, 0.6) is 0 Å². The Bertz CT molecular complexity index is 1050. The Morgan fingerprint density at radius 1 is 1.10 bits per heavy atom. The summed E-state index contributed by atoms with van der Waals surface area (Å²) in [6.07, 6.45) is -0.659. The molecular weight excluding hydrogens is 422 g/mol. The minimum absolute atomic E-state index is 0.0862. The molecule has 1 amide bonds. The zero-order chi connectivity index (χ0) is 23.2. The van der Waals surface area contributed by atoms with Gasteiger partial charge >= 0.3 is 12.1 Å². The molecule has 1 atom stereocenters. The topological polar surface area (TPSA) is 148 Å². The molecule has 0 saturated carbocycles. The highest BCUT2D eigenvalue weighted by Gasteiger charge is 2.26. The van der Waals surface area contributed by atoms with Gasteiger partial charge in [0.2, 0.25) is 10.0 Å². The molecule has 0 spiro atoms. The van der Waals surface area contributed by atoms with E-state index in [0.29, 0.717) is 11.1 Å². The Labute approximate surface area is 181 Å². The molecule has 0 aliphatic heterocycles. The normalized spacial score (nSPS) is 12.7. The molecule has 0 heterocycles. The molecule has 10 heteroatoms. The summed E-state index contributed by atoms with van der Waals surface area (Å²) in [6.45, 7) is 5.44. The van der Waals surface area contributed by atoms with Gasteiger partial charge in [-0.15, -0.1) is 0 Å². The molecule has 5 N–H and O–H groups in total. The average molecular weight is 450 g/mol. The Balaban J connectivity index is 2.09. The fraction of sp³-hybridized carbons (Fsp3) is 0.333. The number of carboxylic acids is 1. The van der Waals surface area contributed by atoms with Crippen LogP contribution in [0.25, 0.3) is 0 Å². The SMILES string of the molecule is CC(C)(C)OC(=O)NCc1cccc(C[C@@H](NS(=O)(=O)c2cccc(N)c2)C(=O)O)c1. The minimum atomic E-state index is -4.08. The quantitative estimate of drug-likeness (QED) is 0.452. The van der Waals surface area contributed by atoms with E-state index in [-0.39, 0.29) is 23.5 Å². The number of carboxylic acid groups (broad SMARTS) is 1. The van der Waals surface area contributed by atoms with Crippen molar-refractivity contribution in [2.75, 3.05) is 5.73 Å². The van der Waals surface area contributed by atoms with Gasteiger partial charge < -0.3 is 20.9 Å². The highest BCUT2D eigenvalue weighted by atomic mass is 32.2. The second kappa shape index (κ2) is 9.80. The number of amides is 1. The number of nitrogen functional groups attached to an aromatic ring is 1. The molecule has 2 aromatic rings. The first-order chi connectivity index (χ1) is 14.4. The van der Waals surface area contributed by atoms with E-state index in [9.17, 15) is 23.1 Å². The van der Waals surface area contributed by atoms with Crippen LogP contribution in [0.1, 0.15) is 31.9 Å². The van der Waals surface area contributed by atoms with Gasteiger partial charge in [0.25, 0.3) is 0 Å². The van der Waals surface area contributed by atoms with E-state index in [4.69, 9.17) is 10.5 Å². The number of carbonyl (C=O) groups excluding carboxylic acids is 1. The lowest BCUT2D eigenvalue weighted by Crippen LogP contribution is -2.42. The summed E-state index contributed by atoms with van der Waals surface area (Å²) >= 11 is 0. The van der Waals surface area contributed by atoms with Gasteiger partial charge in [-0.3, -0.25) is 4.79 Å². The van der Waals surface area contributed by atoms with Crippen LogP contribution in [0.2, 0.25) is 0 Å². The fourth-order valence-electron chi connectivity index (χ4n) is 2.71. The Kier molecular flexibility index (Phi) is 7.64. The molecule has 0 radical (unpaired) electrons. The van der Waals surface area contributed by atoms with Gasteiger partial charge in [0, 0.05) is 12.2 Å². The van der Waals surface area contributed by atoms with Crippen molar-refractivity contribution in [1.29, 1.82) is 0 Å². The lowest BCUT2D eigenvalue weighted by Gasteiger charge is -2.20. The van der Waals surface area contributed by atoms with Crippen LogP contribution in [0.3, 0.4) is 0 Å². The van der Waals surface area contributed by atoms with Crippen molar-refractivity contribution in [3.8, 4) is 0 Å². The van der Waals surface area contributed by atoms with Crippen molar-refractivity contribution in [2.45, 2.75) is 50.3 Å². The summed E-state index contributed by atoms with van der Waals surface area (Å²) in [5.74, 6) is -1.32. The van der Waals surface area contributed by atoms with Crippen molar-refractivity contribution < 1.29 is 27.9 Å². The molecule has 0 aliphatic rings. The second-order valence-electron chi connectivity index (χ2n) is 7.96. The number of sulfonamides is 1. The van der Waals surface area contributed by atoms with Gasteiger partial charge in [0.1, 0.15) is 11.6 Å². The first kappa shape index (κ1) is 24.2. The third-order valence-electron chi connectivity index (χ3n) is 4.03. The Morgan fingerprint density at radius 2 is 1.74 bits per heavy atom. The van der Waals surface area contributed by atoms with Crippen molar-refractivity contribution in [3.05, 3.63) is 59.7 Å². The first-order valence-electron chi connectivity index (χ1n) is 9.51. The number of nitrogens with one attached hydrogen (secondary N) is 2. The number of carbonyl (C=O) groups is 2. The summed E-state index contributed by atoms with van der Waals surface area (Å²) in [7, 11) is -4.08.